The first-order chi connectivity index (χ1) is 11.2. The molecule has 0 saturated carbocycles. The first-order valence-electron chi connectivity index (χ1n) is 6.84. The standard InChI is InChI=1S/C16H13ClN2O3S/c17-11-5-2-1-4-10(11)16-19-13(9-23-16)15(21)18-12(8-20)14-6-3-7-22-14/h1-7,9,12,20H,8H2,(H,18,21). The lowest BCUT2D eigenvalue weighted by Gasteiger charge is -2.12. The molecule has 3 rings (SSSR count). The first-order valence-corrected chi connectivity index (χ1v) is 8.10. The molecule has 118 valence electrons. The molecule has 0 aliphatic heterocycles. The summed E-state index contributed by atoms with van der Waals surface area (Å²) in [5, 5.41) is 15.0. The summed E-state index contributed by atoms with van der Waals surface area (Å²) < 4.78 is 5.20. The molecule has 0 spiro atoms. The fraction of sp³-hybridized carbons (Fsp3) is 0.125. The van der Waals surface area contributed by atoms with Gasteiger partial charge in [-0.3, -0.25) is 4.79 Å². The maximum Gasteiger partial charge on any atom is 0.271 e. The summed E-state index contributed by atoms with van der Waals surface area (Å²) in [5.41, 5.74) is 1.05. The number of nitrogens with zero attached hydrogens (tertiary/aromatic N) is 1. The third-order valence-electron chi connectivity index (χ3n) is 3.22. The Bertz CT molecular complexity index is 801. The average Bonchev–Trinajstić information content (AvgIpc) is 3.24. The number of hydrogen-bond donors (Lipinski definition) is 2. The first kappa shape index (κ1) is 15.7. The van der Waals surface area contributed by atoms with E-state index in [1.165, 1.54) is 17.6 Å². The van der Waals surface area contributed by atoms with Gasteiger partial charge < -0.3 is 14.8 Å². The molecule has 2 heterocycles. The van der Waals surface area contributed by atoms with E-state index in [9.17, 15) is 9.90 Å². The van der Waals surface area contributed by atoms with E-state index in [-0.39, 0.29) is 18.2 Å². The van der Waals surface area contributed by atoms with Crippen molar-refractivity contribution in [2.24, 2.45) is 0 Å². The molecule has 1 atom stereocenters. The van der Waals surface area contributed by atoms with Gasteiger partial charge in [0.05, 0.1) is 17.9 Å². The molecule has 23 heavy (non-hydrogen) atoms. The van der Waals surface area contributed by atoms with E-state index < -0.39 is 6.04 Å². The van der Waals surface area contributed by atoms with Crippen molar-refractivity contribution in [2.75, 3.05) is 6.61 Å². The monoisotopic (exact) mass is 348 g/mol. The van der Waals surface area contributed by atoms with E-state index in [1.807, 2.05) is 18.2 Å². The van der Waals surface area contributed by atoms with Crippen molar-refractivity contribution in [1.29, 1.82) is 0 Å². The summed E-state index contributed by atoms with van der Waals surface area (Å²) in [5.74, 6) is 0.109. The Kier molecular flexibility index (Phi) is 4.76. The molecule has 2 N–H and O–H groups in total. The van der Waals surface area contributed by atoms with Crippen LogP contribution in [0.15, 0.2) is 52.5 Å². The highest BCUT2D eigenvalue weighted by Gasteiger charge is 2.19. The number of rotatable bonds is 5. The van der Waals surface area contributed by atoms with Crippen molar-refractivity contribution in [3.63, 3.8) is 0 Å². The highest BCUT2D eigenvalue weighted by Crippen LogP contribution is 2.30. The Morgan fingerprint density at radius 3 is 2.87 bits per heavy atom. The SMILES string of the molecule is O=C(NC(CO)c1ccco1)c1csc(-c2ccccc2Cl)n1. The minimum Gasteiger partial charge on any atom is -0.467 e. The van der Waals surface area contributed by atoms with Crippen molar-refractivity contribution in [2.45, 2.75) is 6.04 Å². The molecule has 5 nitrogen and oxygen atoms in total. The molecule has 1 aromatic carbocycles. The molecule has 0 aliphatic carbocycles. The van der Waals surface area contributed by atoms with Crippen molar-refractivity contribution in [3.8, 4) is 10.6 Å². The zero-order valence-electron chi connectivity index (χ0n) is 11.9. The second kappa shape index (κ2) is 6.95. The third-order valence-corrected chi connectivity index (χ3v) is 4.42. The van der Waals surface area contributed by atoms with Gasteiger partial charge in [-0.1, -0.05) is 29.8 Å². The molecule has 1 amide bonds. The number of thiazole rings is 1. The molecule has 1 unspecified atom stereocenters. The number of amides is 1. The summed E-state index contributed by atoms with van der Waals surface area (Å²) >= 11 is 7.48. The lowest BCUT2D eigenvalue weighted by Crippen LogP contribution is -2.30. The Labute approximate surface area is 141 Å². The third kappa shape index (κ3) is 3.44. The summed E-state index contributed by atoms with van der Waals surface area (Å²) in [6.07, 6.45) is 1.49. The number of aliphatic hydroxyl groups excluding tert-OH is 1. The molecule has 0 fully saturated rings. The van der Waals surface area contributed by atoms with Crippen LogP contribution in [0.2, 0.25) is 5.02 Å². The fourth-order valence-corrected chi connectivity index (χ4v) is 3.19. The maximum absolute atomic E-state index is 12.3. The zero-order valence-corrected chi connectivity index (χ0v) is 13.5. The Balaban J connectivity index is 1.78. The van der Waals surface area contributed by atoms with E-state index in [0.29, 0.717) is 15.8 Å². The second-order valence-corrected chi connectivity index (χ2v) is 6.01. The van der Waals surface area contributed by atoms with Crippen molar-refractivity contribution in [3.05, 3.63) is 64.5 Å². The highest BCUT2D eigenvalue weighted by atomic mass is 35.5. The van der Waals surface area contributed by atoms with Gasteiger partial charge in [-0.2, -0.15) is 0 Å². The molecule has 0 saturated heterocycles. The minimum atomic E-state index is -0.608. The molecular weight excluding hydrogens is 336 g/mol. The van der Waals surface area contributed by atoms with Crippen LogP contribution >= 0.6 is 22.9 Å². The molecule has 0 aliphatic rings. The predicted octanol–water partition coefficient (Wildman–Crippen LogP) is 3.52. The highest BCUT2D eigenvalue weighted by molar-refractivity contribution is 7.13. The molecule has 2 aromatic heterocycles. The largest absolute Gasteiger partial charge is 0.467 e. The van der Waals surface area contributed by atoms with Crippen LogP contribution in [0.4, 0.5) is 0 Å². The number of carbonyl (C=O) groups excluding carboxylic acids is 1. The second-order valence-electron chi connectivity index (χ2n) is 4.74. The number of hydrogen-bond acceptors (Lipinski definition) is 5. The Morgan fingerprint density at radius 1 is 1.35 bits per heavy atom. The van der Waals surface area contributed by atoms with Gasteiger partial charge in [0.2, 0.25) is 0 Å². The predicted molar refractivity (Wildman–Crippen MR) is 88.6 cm³/mol. The van der Waals surface area contributed by atoms with Crippen LogP contribution in [0, 0.1) is 0 Å². The quantitative estimate of drug-likeness (QED) is 0.739. The lowest BCUT2D eigenvalue weighted by atomic mass is 10.2. The summed E-state index contributed by atoms with van der Waals surface area (Å²) in [4.78, 5) is 16.6. The summed E-state index contributed by atoms with van der Waals surface area (Å²) in [7, 11) is 0. The van der Waals surface area contributed by atoms with Crippen LogP contribution in [0.25, 0.3) is 10.6 Å². The minimum absolute atomic E-state index is 0.263. The summed E-state index contributed by atoms with van der Waals surface area (Å²) in [6.45, 7) is -0.263. The molecule has 0 bridgehead atoms. The van der Waals surface area contributed by atoms with E-state index in [4.69, 9.17) is 16.0 Å². The zero-order chi connectivity index (χ0) is 16.2. The average molecular weight is 349 g/mol. The van der Waals surface area contributed by atoms with Crippen molar-refractivity contribution < 1.29 is 14.3 Å². The van der Waals surface area contributed by atoms with Gasteiger partial charge in [0.15, 0.2) is 0 Å². The van der Waals surface area contributed by atoms with E-state index in [0.717, 1.165) is 5.56 Å². The topological polar surface area (TPSA) is 75.4 Å². The Hall–Kier alpha value is -2.15. The van der Waals surface area contributed by atoms with Crippen LogP contribution in [0.1, 0.15) is 22.3 Å². The lowest BCUT2D eigenvalue weighted by molar-refractivity contribution is 0.0903. The van der Waals surface area contributed by atoms with Crippen molar-refractivity contribution in [1.82, 2.24) is 10.3 Å². The van der Waals surface area contributed by atoms with Crippen LogP contribution < -0.4 is 5.32 Å². The molecular formula is C16H13ClN2O3S. The van der Waals surface area contributed by atoms with Crippen LogP contribution in [-0.2, 0) is 0 Å². The summed E-state index contributed by atoms with van der Waals surface area (Å²) in [6, 6.07) is 10.1. The Morgan fingerprint density at radius 2 is 2.17 bits per heavy atom. The molecule has 7 heteroatoms. The number of benzene rings is 1. The number of halogens is 1. The number of aromatic nitrogens is 1. The van der Waals surface area contributed by atoms with Gasteiger partial charge in [-0.25, -0.2) is 4.98 Å². The van der Waals surface area contributed by atoms with Crippen LogP contribution in [-0.4, -0.2) is 22.6 Å². The number of aliphatic hydroxyl groups is 1. The number of carbonyl (C=O) groups is 1. The molecule has 3 aromatic rings. The van der Waals surface area contributed by atoms with Gasteiger partial charge in [0.25, 0.3) is 5.91 Å². The van der Waals surface area contributed by atoms with Crippen LogP contribution in [0.5, 0.6) is 0 Å². The maximum atomic E-state index is 12.3. The molecule has 0 radical (unpaired) electrons. The van der Waals surface area contributed by atoms with Crippen molar-refractivity contribution >= 4 is 28.8 Å². The van der Waals surface area contributed by atoms with Gasteiger partial charge in [0, 0.05) is 10.9 Å². The number of furan rings is 1. The normalized spacial score (nSPS) is 12.1. The number of nitrogens with one attached hydrogen (secondary N) is 1. The van der Waals surface area contributed by atoms with Gasteiger partial charge in [-0.05, 0) is 18.2 Å². The fourth-order valence-electron chi connectivity index (χ4n) is 2.06. The van der Waals surface area contributed by atoms with Gasteiger partial charge in [0.1, 0.15) is 22.5 Å². The van der Waals surface area contributed by atoms with Gasteiger partial charge in [-0.15, -0.1) is 11.3 Å². The van der Waals surface area contributed by atoms with E-state index >= 15 is 0 Å². The van der Waals surface area contributed by atoms with E-state index in [2.05, 4.69) is 10.3 Å². The van der Waals surface area contributed by atoms with E-state index in [1.54, 1.807) is 23.6 Å². The smallest absolute Gasteiger partial charge is 0.271 e. The van der Waals surface area contributed by atoms with Crippen LogP contribution in [0.3, 0.4) is 0 Å². The van der Waals surface area contributed by atoms with Gasteiger partial charge >= 0.3 is 0 Å².